The highest BCUT2D eigenvalue weighted by molar-refractivity contribution is 6.31. The second kappa shape index (κ2) is 3.50. The van der Waals surface area contributed by atoms with E-state index in [-0.39, 0.29) is 0 Å². The number of hydrogen-bond donors (Lipinski definition) is 0. The molecule has 0 N–H and O–H groups in total. The predicted molar refractivity (Wildman–Crippen MR) is 76.2 cm³/mol. The van der Waals surface area contributed by atoms with Gasteiger partial charge in [-0.25, -0.2) is 0 Å². The van der Waals surface area contributed by atoms with Gasteiger partial charge in [-0.2, -0.15) is 0 Å². The third kappa shape index (κ3) is 1.34. The second-order valence-electron chi connectivity index (χ2n) is 4.44. The summed E-state index contributed by atoms with van der Waals surface area (Å²) in [5.41, 5.74) is 1.75. The van der Waals surface area contributed by atoms with Crippen LogP contribution in [0.3, 0.4) is 0 Å². The minimum Gasteiger partial charge on any atom is -0.456 e. The van der Waals surface area contributed by atoms with Crippen molar-refractivity contribution in [3.8, 4) is 0 Å². The van der Waals surface area contributed by atoms with Gasteiger partial charge in [-0.15, -0.1) is 0 Å². The van der Waals surface area contributed by atoms with E-state index in [1.807, 2.05) is 30.3 Å². The zero-order valence-electron chi connectivity index (χ0n) is 9.48. The summed E-state index contributed by atoms with van der Waals surface area (Å²) in [5, 5.41) is 5.37. The molecule has 0 saturated heterocycles. The Kier molecular flexibility index (Phi) is 1.94. The normalized spacial score (nSPS) is 11.6. The standard InChI is InChI=1S/C16H9ClO/c17-12-5-6-13-14-7-10-3-1-2-4-11(10)8-15(14)18-16(13)9-12/h1-9H. The van der Waals surface area contributed by atoms with Gasteiger partial charge in [0.15, 0.2) is 0 Å². The lowest BCUT2D eigenvalue weighted by Gasteiger charge is -1.96. The van der Waals surface area contributed by atoms with E-state index in [9.17, 15) is 0 Å². The number of furan rings is 1. The van der Waals surface area contributed by atoms with Gasteiger partial charge < -0.3 is 4.42 Å². The average Bonchev–Trinajstić information content (AvgIpc) is 2.72. The minimum absolute atomic E-state index is 0.700. The molecule has 18 heavy (non-hydrogen) atoms. The number of rotatable bonds is 0. The first kappa shape index (κ1) is 9.98. The lowest BCUT2D eigenvalue weighted by Crippen LogP contribution is -1.71. The monoisotopic (exact) mass is 252 g/mol. The van der Waals surface area contributed by atoms with Gasteiger partial charge in [0.25, 0.3) is 0 Å². The largest absolute Gasteiger partial charge is 0.456 e. The summed E-state index contributed by atoms with van der Waals surface area (Å²) in [6.45, 7) is 0. The Hall–Kier alpha value is -1.99. The first-order valence-corrected chi connectivity index (χ1v) is 6.20. The second-order valence-corrected chi connectivity index (χ2v) is 4.87. The first-order valence-electron chi connectivity index (χ1n) is 5.82. The van der Waals surface area contributed by atoms with Crippen LogP contribution in [-0.4, -0.2) is 0 Å². The smallest absolute Gasteiger partial charge is 0.136 e. The van der Waals surface area contributed by atoms with Crippen molar-refractivity contribution in [3.05, 3.63) is 59.6 Å². The fourth-order valence-electron chi connectivity index (χ4n) is 2.44. The zero-order chi connectivity index (χ0) is 12.1. The molecule has 0 fully saturated rings. The van der Waals surface area contributed by atoms with Crippen molar-refractivity contribution in [2.45, 2.75) is 0 Å². The quantitative estimate of drug-likeness (QED) is 0.409. The Morgan fingerprint density at radius 1 is 0.722 bits per heavy atom. The molecule has 1 aromatic heterocycles. The van der Waals surface area contributed by atoms with Gasteiger partial charge in [-0.05, 0) is 35.0 Å². The van der Waals surface area contributed by atoms with Gasteiger partial charge in [-0.1, -0.05) is 35.9 Å². The van der Waals surface area contributed by atoms with E-state index in [1.165, 1.54) is 10.8 Å². The lowest BCUT2D eigenvalue weighted by atomic mass is 10.1. The first-order chi connectivity index (χ1) is 8.81. The highest BCUT2D eigenvalue weighted by atomic mass is 35.5. The van der Waals surface area contributed by atoms with E-state index in [2.05, 4.69) is 24.3 Å². The molecular weight excluding hydrogens is 244 g/mol. The van der Waals surface area contributed by atoms with E-state index in [4.69, 9.17) is 16.0 Å². The summed E-state index contributed by atoms with van der Waals surface area (Å²) in [4.78, 5) is 0. The molecule has 0 atom stereocenters. The highest BCUT2D eigenvalue weighted by Gasteiger charge is 2.08. The van der Waals surface area contributed by atoms with Gasteiger partial charge in [-0.3, -0.25) is 0 Å². The fourth-order valence-corrected chi connectivity index (χ4v) is 2.60. The van der Waals surface area contributed by atoms with Crippen molar-refractivity contribution in [1.29, 1.82) is 0 Å². The molecule has 1 heterocycles. The molecule has 4 rings (SSSR count). The molecule has 2 heteroatoms. The molecule has 0 unspecified atom stereocenters. The summed E-state index contributed by atoms with van der Waals surface area (Å²) in [6.07, 6.45) is 0. The van der Waals surface area contributed by atoms with E-state index >= 15 is 0 Å². The van der Waals surface area contributed by atoms with Crippen molar-refractivity contribution in [1.82, 2.24) is 0 Å². The molecule has 0 radical (unpaired) electrons. The maximum Gasteiger partial charge on any atom is 0.136 e. The van der Waals surface area contributed by atoms with Crippen LogP contribution in [0.1, 0.15) is 0 Å². The summed E-state index contributed by atoms with van der Waals surface area (Å²) in [5.74, 6) is 0. The number of halogens is 1. The Bertz CT molecular complexity index is 889. The molecule has 0 aliphatic carbocycles. The SMILES string of the molecule is Clc1ccc2c(c1)oc1cc3ccccc3cc12. The lowest BCUT2D eigenvalue weighted by molar-refractivity contribution is 0.669. The topological polar surface area (TPSA) is 13.1 Å². The number of fused-ring (bicyclic) bond motifs is 4. The van der Waals surface area contributed by atoms with Crippen molar-refractivity contribution in [2.75, 3.05) is 0 Å². The summed E-state index contributed by atoms with van der Waals surface area (Å²) in [6, 6.07) is 18.3. The Morgan fingerprint density at radius 3 is 2.28 bits per heavy atom. The van der Waals surface area contributed by atoms with Crippen molar-refractivity contribution in [3.63, 3.8) is 0 Å². The van der Waals surface area contributed by atoms with Crippen LogP contribution in [0, 0.1) is 0 Å². The van der Waals surface area contributed by atoms with Crippen LogP contribution in [0.25, 0.3) is 32.7 Å². The van der Waals surface area contributed by atoms with Crippen LogP contribution in [0.2, 0.25) is 5.02 Å². The van der Waals surface area contributed by atoms with E-state index in [1.54, 1.807) is 0 Å². The molecule has 0 bridgehead atoms. The third-order valence-corrected chi connectivity index (χ3v) is 3.54. The van der Waals surface area contributed by atoms with Gasteiger partial charge in [0.05, 0.1) is 0 Å². The van der Waals surface area contributed by atoms with Crippen LogP contribution in [0.15, 0.2) is 59.0 Å². The molecule has 86 valence electrons. The maximum atomic E-state index is 5.99. The van der Waals surface area contributed by atoms with Crippen LogP contribution in [0.5, 0.6) is 0 Å². The van der Waals surface area contributed by atoms with Crippen LogP contribution < -0.4 is 0 Å². The van der Waals surface area contributed by atoms with Crippen molar-refractivity contribution >= 4 is 44.3 Å². The molecule has 3 aromatic carbocycles. The van der Waals surface area contributed by atoms with Crippen molar-refractivity contribution in [2.24, 2.45) is 0 Å². The molecule has 0 aliphatic heterocycles. The molecule has 1 nitrogen and oxygen atoms in total. The molecular formula is C16H9ClO. The van der Waals surface area contributed by atoms with E-state index < -0.39 is 0 Å². The fraction of sp³-hybridized carbons (Fsp3) is 0. The zero-order valence-corrected chi connectivity index (χ0v) is 10.2. The predicted octanol–water partition coefficient (Wildman–Crippen LogP) is 5.39. The Morgan fingerprint density at radius 2 is 1.44 bits per heavy atom. The third-order valence-electron chi connectivity index (χ3n) is 3.30. The molecule has 0 spiro atoms. The van der Waals surface area contributed by atoms with Crippen molar-refractivity contribution < 1.29 is 4.42 Å². The molecule has 0 saturated carbocycles. The van der Waals surface area contributed by atoms with Gasteiger partial charge >= 0.3 is 0 Å². The van der Waals surface area contributed by atoms with Crippen LogP contribution in [0.4, 0.5) is 0 Å². The average molecular weight is 253 g/mol. The molecule has 0 aliphatic rings. The van der Waals surface area contributed by atoms with Gasteiger partial charge in [0.1, 0.15) is 11.2 Å². The minimum atomic E-state index is 0.700. The molecule has 4 aromatic rings. The Balaban J connectivity index is 2.23. The van der Waals surface area contributed by atoms with Crippen LogP contribution in [-0.2, 0) is 0 Å². The maximum absolute atomic E-state index is 5.99. The number of benzene rings is 3. The molecule has 0 amide bonds. The highest BCUT2D eigenvalue weighted by Crippen LogP contribution is 2.33. The van der Waals surface area contributed by atoms with E-state index in [0.717, 1.165) is 21.9 Å². The van der Waals surface area contributed by atoms with Gasteiger partial charge in [0, 0.05) is 21.9 Å². The van der Waals surface area contributed by atoms with Crippen LogP contribution >= 0.6 is 11.6 Å². The summed E-state index contributed by atoms with van der Waals surface area (Å²) in [7, 11) is 0. The summed E-state index contributed by atoms with van der Waals surface area (Å²) < 4.78 is 5.86. The van der Waals surface area contributed by atoms with E-state index in [0.29, 0.717) is 5.02 Å². The Labute approximate surface area is 109 Å². The number of hydrogen-bond acceptors (Lipinski definition) is 1. The summed E-state index contributed by atoms with van der Waals surface area (Å²) >= 11 is 5.99. The van der Waals surface area contributed by atoms with Gasteiger partial charge in [0.2, 0.25) is 0 Å².